The van der Waals surface area contributed by atoms with Gasteiger partial charge in [0.05, 0.1) is 24.1 Å². The molecule has 0 bridgehead atoms. The van der Waals surface area contributed by atoms with Crippen molar-refractivity contribution < 1.29 is 13.6 Å². The molecule has 0 unspecified atom stereocenters. The fourth-order valence-electron chi connectivity index (χ4n) is 1.61. The van der Waals surface area contributed by atoms with Crippen LogP contribution in [0.15, 0.2) is 33.8 Å². The second-order valence-corrected chi connectivity index (χ2v) is 4.92. The highest BCUT2D eigenvalue weighted by molar-refractivity contribution is 9.10. The minimum Gasteiger partial charge on any atom is -0.292 e. The molecule has 1 aromatic heterocycles. The number of ketones is 1. The van der Waals surface area contributed by atoms with Gasteiger partial charge in [0.25, 0.3) is 5.56 Å². The van der Waals surface area contributed by atoms with Crippen molar-refractivity contribution in [3.05, 3.63) is 62.2 Å². The number of halogens is 3. The van der Waals surface area contributed by atoms with E-state index in [9.17, 15) is 18.4 Å². The van der Waals surface area contributed by atoms with Crippen LogP contribution in [0.3, 0.4) is 0 Å². The summed E-state index contributed by atoms with van der Waals surface area (Å²) in [7, 11) is 0. The summed E-state index contributed by atoms with van der Waals surface area (Å²) in [4.78, 5) is 27.7. The highest BCUT2D eigenvalue weighted by Crippen LogP contribution is 2.11. The van der Waals surface area contributed by atoms with E-state index in [-0.39, 0.29) is 16.6 Å². The molecule has 0 aliphatic heterocycles. The predicted octanol–water partition coefficient (Wildman–Crippen LogP) is 2.48. The molecular weight excluding hydrogens is 334 g/mol. The quantitative estimate of drug-likeness (QED) is 0.805. The molecular formula is C13H9BrF2N2O2. The van der Waals surface area contributed by atoms with E-state index in [1.807, 2.05) is 0 Å². The molecule has 2 aromatic rings. The number of aromatic nitrogens is 2. The number of Topliss-reactive ketones (excluding diaryl/α,β-unsaturated/α-hetero) is 1. The van der Waals surface area contributed by atoms with Crippen molar-refractivity contribution in [1.82, 2.24) is 9.55 Å². The van der Waals surface area contributed by atoms with E-state index in [1.165, 1.54) is 6.33 Å². The first-order chi connectivity index (χ1) is 9.40. The number of nitrogens with zero attached hydrogens (tertiary/aromatic N) is 2. The maximum Gasteiger partial charge on any atom is 0.268 e. The molecule has 7 heteroatoms. The van der Waals surface area contributed by atoms with Crippen molar-refractivity contribution in [1.29, 1.82) is 0 Å². The van der Waals surface area contributed by atoms with Crippen LogP contribution in [-0.4, -0.2) is 15.3 Å². The van der Waals surface area contributed by atoms with Crippen molar-refractivity contribution in [3.63, 3.8) is 0 Å². The zero-order chi connectivity index (χ0) is 14.9. The smallest absolute Gasteiger partial charge is 0.268 e. The van der Waals surface area contributed by atoms with Gasteiger partial charge in [-0.15, -0.1) is 0 Å². The molecule has 0 saturated heterocycles. The SMILES string of the molecule is Cc1ncn(CC(=O)c2ccc(F)cc2F)c(=O)c1Br. The molecule has 4 nitrogen and oxygen atoms in total. The Labute approximate surface area is 121 Å². The first kappa shape index (κ1) is 14.5. The summed E-state index contributed by atoms with van der Waals surface area (Å²) in [5.74, 6) is -2.36. The van der Waals surface area contributed by atoms with E-state index in [0.29, 0.717) is 11.8 Å². The average molecular weight is 343 g/mol. The second kappa shape index (κ2) is 5.62. The Morgan fingerprint density at radius 3 is 2.75 bits per heavy atom. The Balaban J connectivity index is 2.33. The summed E-state index contributed by atoms with van der Waals surface area (Å²) >= 11 is 3.07. The van der Waals surface area contributed by atoms with E-state index in [2.05, 4.69) is 20.9 Å². The Morgan fingerprint density at radius 2 is 2.10 bits per heavy atom. The van der Waals surface area contributed by atoms with Crippen LogP contribution < -0.4 is 5.56 Å². The van der Waals surface area contributed by atoms with Crippen LogP contribution in [0.2, 0.25) is 0 Å². The summed E-state index contributed by atoms with van der Waals surface area (Å²) in [5, 5.41) is 0. The monoisotopic (exact) mass is 342 g/mol. The fourth-order valence-corrected chi connectivity index (χ4v) is 1.94. The number of benzene rings is 1. The predicted molar refractivity (Wildman–Crippen MR) is 71.6 cm³/mol. The lowest BCUT2D eigenvalue weighted by atomic mass is 10.1. The van der Waals surface area contributed by atoms with Gasteiger partial charge in [-0.1, -0.05) is 0 Å². The highest BCUT2D eigenvalue weighted by Gasteiger charge is 2.15. The summed E-state index contributed by atoms with van der Waals surface area (Å²) < 4.78 is 27.6. The Bertz CT molecular complexity index is 744. The third-order valence-corrected chi connectivity index (χ3v) is 3.62. The molecule has 0 aliphatic carbocycles. The molecule has 1 aromatic carbocycles. The lowest BCUT2D eigenvalue weighted by Crippen LogP contribution is -2.26. The molecule has 20 heavy (non-hydrogen) atoms. The molecule has 1 heterocycles. The molecule has 104 valence electrons. The topological polar surface area (TPSA) is 52.0 Å². The van der Waals surface area contributed by atoms with E-state index in [1.54, 1.807) is 6.92 Å². The first-order valence-electron chi connectivity index (χ1n) is 5.60. The van der Waals surface area contributed by atoms with Crippen LogP contribution in [-0.2, 0) is 6.54 Å². The van der Waals surface area contributed by atoms with Crippen LogP contribution in [0.4, 0.5) is 8.78 Å². The lowest BCUT2D eigenvalue weighted by molar-refractivity contribution is 0.0966. The second-order valence-electron chi connectivity index (χ2n) is 4.12. The van der Waals surface area contributed by atoms with Gasteiger partial charge in [-0.05, 0) is 35.0 Å². The van der Waals surface area contributed by atoms with Gasteiger partial charge in [0.15, 0.2) is 5.78 Å². The third kappa shape index (κ3) is 2.82. The molecule has 0 radical (unpaired) electrons. The number of aryl methyl sites for hydroxylation is 1. The Morgan fingerprint density at radius 1 is 1.40 bits per heavy atom. The van der Waals surface area contributed by atoms with Gasteiger partial charge in [-0.25, -0.2) is 13.8 Å². The maximum atomic E-state index is 13.5. The van der Waals surface area contributed by atoms with Crippen molar-refractivity contribution >= 4 is 21.7 Å². The zero-order valence-corrected chi connectivity index (χ0v) is 11.9. The van der Waals surface area contributed by atoms with Gasteiger partial charge in [0.2, 0.25) is 0 Å². The minimum absolute atomic E-state index is 0.243. The summed E-state index contributed by atoms with van der Waals surface area (Å²) in [6.45, 7) is 1.27. The van der Waals surface area contributed by atoms with E-state index in [0.717, 1.165) is 16.7 Å². The van der Waals surface area contributed by atoms with E-state index < -0.39 is 23.0 Å². The molecule has 0 N–H and O–H groups in total. The maximum absolute atomic E-state index is 13.5. The van der Waals surface area contributed by atoms with Gasteiger partial charge in [0, 0.05) is 6.07 Å². The van der Waals surface area contributed by atoms with Crippen molar-refractivity contribution in [2.45, 2.75) is 13.5 Å². The van der Waals surface area contributed by atoms with Crippen LogP contribution in [0.25, 0.3) is 0 Å². The third-order valence-electron chi connectivity index (χ3n) is 2.70. The van der Waals surface area contributed by atoms with Crippen LogP contribution in [0.1, 0.15) is 16.1 Å². The molecule has 2 rings (SSSR count). The van der Waals surface area contributed by atoms with Crippen LogP contribution >= 0.6 is 15.9 Å². The standard InChI is InChI=1S/C13H9BrF2N2O2/c1-7-12(14)13(20)18(6-17-7)5-11(19)9-3-2-8(15)4-10(9)16/h2-4,6H,5H2,1H3. The van der Waals surface area contributed by atoms with Crippen molar-refractivity contribution in [3.8, 4) is 0 Å². The summed E-state index contributed by atoms with van der Waals surface area (Å²) in [5.41, 5.74) is -0.213. The number of hydrogen-bond donors (Lipinski definition) is 0. The zero-order valence-electron chi connectivity index (χ0n) is 10.4. The Hall–Kier alpha value is -1.89. The minimum atomic E-state index is -0.956. The number of carbonyl (C=O) groups excluding carboxylic acids is 1. The summed E-state index contributed by atoms with van der Waals surface area (Å²) in [6, 6.07) is 2.66. The lowest BCUT2D eigenvalue weighted by Gasteiger charge is -2.07. The van der Waals surface area contributed by atoms with Gasteiger partial charge in [0.1, 0.15) is 16.1 Å². The van der Waals surface area contributed by atoms with Gasteiger partial charge in [-0.2, -0.15) is 0 Å². The first-order valence-corrected chi connectivity index (χ1v) is 6.39. The van der Waals surface area contributed by atoms with Gasteiger partial charge >= 0.3 is 0 Å². The average Bonchev–Trinajstić information content (AvgIpc) is 2.39. The van der Waals surface area contributed by atoms with Gasteiger partial charge < -0.3 is 0 Å². The number of hydrogen-bond acceptors (Lipinski definition) is 3. The van der Waals surface area contributed by atoms with Crippen molar-refractivity contribution in [2.75, 3.05) is 0 Å². The normalized spacial score (nSPS) is 10.6. The molecule has 0 amide bonds. The molecule has 0 saturated carbocycles. The van der Waals surface area contributed by atoms with E-state index in [4.69, 9.17) is 0 Å². The molecule has 0 spiro atoms. The van der Waals surface area contributed by atoms with Crippen molar-refractivity contribution in [2.24, 2.45) is 0 Å². The molecule has 0 atom stereocenters. The number of carbonyl (C=O) groups is 1. The number of rotatable bonds is 3. The molecule has 0 fully saturated rings. The summed E-state index contributed by atoms with van der Waals surface area (Å²) in [6.07, 6.45) is 1.21. The van der Waals surface area contributed by atoms with Crippen LogP contribution in [0, 0.1) is 18.6 Å². The van der Waals surface area contributed by atoms with Gasteiger partial charge in [-0.3, -0.25) is 14.2 Å². The largest absolute Gasteiger partial charge is 0.292 e. The van der Waals surface area contributed by atoms with Crippen LogP contribution in [0.5, 0.6) is 0 Å². The Kier molecular flexibility index (Phi) is 4.08. The fraction of sp³-hybridized carbons (Fsp3) is 0.154. The molecule has 0 aliphatic rings. The van der Waals surface area contributed by atoms with E-state index >= 15 is 0 Å². The highest BCUT2D eigenvalue weighted by atomic mass is 79.9.